The maximum Gasteiger partial charge on any atom is 0.327 e. The van der Waals surface area contributed by atoms with Crippen LogP contribution in [0.3, 0.4) is 0 Å². The van der Waals surface area contributed by atoms with Crippen molar-refractivity contribution < 1.29 is 37.8 Å². The highest BCUT2D eigenvalue weighted by molar-refractivity contribution is 7.91. The van der Waals surface area contributed by atoms with E-state index >= 15 is 0 Å². The van der Waals surface area contributed by atoms with E-state index in [4.69, 9.17) is 4.74 Å². The maximum absolute atomic E-state index is 12.6. The van der Waals surface area contributed by atoms with Crippen LogP contribution in [0.2, 0.25) is 0 Å². The molecule has 212 valence electrons. The van der Waals surface area contributed by atoms with Crippen molar-refractivity contribution in [2.75, 3.05) is 31.7 Å². The number of aliphatic hydroxyl groups is 1. The molecular weight excluding hydrogens is 512 g/mol. The van der Waals surface area contributed by atoms with E-state index in [0.717, 1.165) is 17.7 Å². The fraction of sp³-hybridized carbons (Fsp3) is 0.667. The van der Waals surface area contributed by atoms with Gasteiger partial charge in [-0.15, -0.1) is 0 Å². The molecule has 3 rings (SSSR count). The van der Waals surface area contributed by atoms with Crippen molar-refractivity contribution in [1.29, 1.82) is 0 Å². The van der Waals surface area contributed by atoms with Gasteiger partial charge in [0.1, 0.15) is 5.54 Å². The first-order valence-corrected chi connectivity index (χ1v) is 15.0. The Hall–Kier alpha value is -2.50. The van der Waals surface area contributed by atoms with Crippen LogP contribution in [0.4, 0.5) is 4.79 Å². The summed E-state index contributed by atoms with van der Waals surface area (Å²) in [5.74, 6) is -4.42. The molecule has 1 aromatic rings. The van der Waals surface area contributed by atoms with Gasteiger partial charge >= 0.3 is 12.0 Å². The van der Waals surface area contributed by atoms with Crippen LogP contribution in [0.15, 0.2) is 30.3 Å². The van der Waals surface area contributed by atoms with Gasteiger partial charge in [0.05, 0.1) is 24.0 Å². The molecule has 0 spiro atoms. The lowest BCUT2D eigenvalue weighted by atomic mass is 9.81. The van der Waals surface area contributed by atoms with Crippen molar-refractivity contribution in [1.82, 2.24) is 9.80 Å². The molecule has 0 radical (unpaired) electrons. The number of carboxylic acids is 1. The number of nitrogens with zero attached hydrogens (tertiary/aromatic N) is 2. The summed E-state index contributed by atoms with van der Waals surface area (Å²) in [6.07, 6.45) is 2.85. The van der Waals surface area contributed by atoms with Crippen LogP contribution in [-0.2, 0) is 24.2 Å². The second kappa shape index (κ2) is 12.1. The van der Waals surface area contributed by atoms with E-state index in [9.17, 15) is 33.0 Å². The van der Waals surface area contributed by atoms with E-state index < -0.39 is 44.8 Å². The van der Waals surface area contributed by atoms with Crippen LogP contribution in [0.25, 0.3) is 0 Å². The molecule has 1 aromatic carbocycles. The molecule has 10 nitrogen and oxygen atoms in total. The average Bonchev–Trinajstić information content (AvgIpc) is 3.01. The topological polar surface area (TPSA) is 142 Å². The van der Waals surface area contributed by atoms with Gasteiger partial charge in [0.25, 0.3) is 5.91 Å². The van der Waals surface area contributed by atoms with E-state index in [-0.39, 0.29) is 44.1 Å². The highest BCUT2D eigenvalue weighted by atomic mass is 32.2. The number of carboxylic acid groups (broad SMARTS) is 1. The summed E-state index contributed by atoms with van der Waals surface area (Å²) in [6, 6.07) is 9.67. The smallest absolute Gasteiger partial charge is 0.327 e. The Morgan fingerprint density at radius 3 is 2.32 bits per heavy atom. The summed E-state index contributed by atoms with van der Waals surface area (Å²) in [6.45, 7) is 3.37. The van der Waals surface area contributed by atoms with E-state index in [1.165, 1.54) is 17.5 Å². The molecule has 1 atom stereocenters. The zero-order chi connectivity index (χ0) is 28.1. The highest BCUT2D eigenvalue weighted by Crippen LogP contribution is 2.38. The Bertz CT molecular complexity index is 1100. The lowest BCUT2D eigenvalue weighted by Gasteiger charge is -2.36. The lowest BCUT2D eigenvalue weighted by Crippen LogP contribution is -2.41. The Balaban J connectivity index is 1.40. The molecule has 1 saturated carbocycles. The zero-order valence-electron chi connectivity index (χ0n) is 22.5. The van der Waals surface area contributed by atoms with Crippen molar-refractivity contribution in [3.8, 4) is 0 Å². The fourth-order valence-electron chi connectivity index (χ4n) is 5.15. The molecule has 2 N–H and O–H groups in total. The van der Waals surface area contributed by atoms with Crippen LogP contribution >= 0.6 is 0 Å². The Morgan fingerprint density at radius 2 is 1.76 bits per heavy atom. The van der Waals surface area contributed by atoms with Crippen LogP contribution in [0, 0.1) is 5.92 Å². The van der Waals surface area contributed by atoms with Gasteiger partial charge in [-0.05, 0) is 57.4 Å². The van der Waals surface area contributed by atoms with Gasteiger partial charge in [-0.3, -0.25) is 14.5 Å². The number of benzene rings is 1. The summed E-state index contributed by atoms with van der Waals surface area (Å²) >= 11 is 0. The molecule has 3 amide bonds. The standard InChI is InChI=1S/C27H40N2O8S/c1-26(2)24(32)29(25(33)28(26)3)16-7-11-22(23(30)31)19-38(35,36)18-8-17-37-27(34)14-12-21(13-15-27)20-9-5-4-6-10-20/h4-6,9-10,21-22,34H,7-8,11-19H2,1-3H3,(H,30,31). The minimum Gasteiger partial charge on any atom is -0.481 e. The number of ether oxygens (including phenoxy) is 1. The fourth-order valence-corrected chi connectivity index (χ4v) is 6.80. The number of likely N-dealkylation sites (N-methyl/N-ethyl adjacent to an activating group) is 1. The largest absolute Gasteiger partial charge is 0.481 e. The number of amides is 3. The Morgan fingerprint density at radius 1 is 1.13 bits per heavy atom. The molecule has 2 aliphatic rings. The van der Waals surface area contributed by atoms with E-state index in [0.29, 0.717) is 18.8 Å². The second-order valence-electron chi connectivity index (χ2n) is 11.0. The molecule has 1 aliphatic carbocycles. The molecule has 2 fully saturated rings. The SMILES string of the molecule is CN1C(=O)N(CCCC(CS(=O)(=O)CCCOC2(O)CCC(c3ccccc3)CC2)C(=O)O)C(=O)C1(C)C. The predicted octanol–water partition coefficient (Wildman–Crippen LogP) is 3.01. The molecule has 0 bridgehead atoms. The molecule has 38 heavy (non-hydrogen) atoms. The zero-order valence-corrected chi connectivity index (χ0v) is 23.3. The molecule has 1 aliphatic heterocycles. The van der Waals surface area contributed by atoms with Gasteiger partial charge in [-0.1, -0.05) is 30.3 Å². The normalized spacial score (nSPS) is 24.6. The minimum atomic E-state index is -3.69. The van der Waals surface area contributed by atoms with E-state index in [2.05, 4.69) is 12.1 Å². The number of urea groups is 1. The maximum atomic E-state index is 12.6. The van der Waals surface area contributed by atoms with Gasteiger partial charge in [0.15, 0.2) is 15.6 Å². The van der Waals surface area contributed by atoms with E-state index in [1.54, 1.807) is 13.8 Å². The molecule has 1 unspecified atom stereocenters. The lowest BCUT2D eigenvalue weighted by molar-refractivity contribution is -0.221. The van der Waals surface area contributed by atoms with Crippen molar-refractivity contribution >= 4 is 27.7 Å². The molecule has 11 heteroatoms. The number of imide groups is 1. The van der Waals surface area contributed by atoms with Crippen molar-refractivity contribution in [2.45, 2.75) is 76.0 Å². The summed E-state index contributed by atoms with van der Waals surface area (Å²) in [5, 5.41) is 20.3. The number of sulfone groups is 1. The quantitative estimate of drug-likeness (QED) is 0.216. The van der Waals surface area contributed by atoms with Gasteiger partial charge in [0.2, 0.25) is 0 Å². The average molecular weight is 553 g/mol. The summed E-state index contributed by atoms with van der Waals surface area (Å²) in [4.78, 5) is 38.9. The molecule has 0 aromatic heterocycles. The summed E-state index contributed by atoms with van der Waals surface area (Å²) < 4.78 is 30.9. The predicted molar refractivity (Wildman–Crippen MR) is 141 cm³/mol. The number of carbonyl (C=O) groups is 3. The van der Waals surface area contributed by atoms with Gasteiger partial charge in [-0.2, -0.15) is 0 Å². The number of hydrogen-bond donors (Lipinski definition) is 2. The van der Waals surface area contributed by atoms with Crippen LogP contribution in [0.5, 0.6) is 0 Å². The third kappa shape index (κ3) is 7.33. The number of hydrogen-bond acceptors (Lipinski definition) is 7. The van der Waals surface area contributed by atoms with E-state index in [1.807, 2.05) is 18.2 Å². The third-order valence-corrected chi connectivity index (χ3v) is 9.69. The highest BCUT2D eigenvalue weighted by Gasteiger charge is 2.48. The monoisotopic (exact) mass is 552 g/mol. The van der Waals surface area contributed by atoms with Gasteiger partial charge in [0, 0.05) is 26.4 Å². The van der Waals surface area contributed by atoms with Gasteiger partial charge < -0.3 is 19.8 Å². The van der Waals surface area contributed by atoms with Crippen molar-refractivity contribution in [3.05, 3.63) is 35.9 Å². The Labute approximate surface area is 224 Å². The minimum absolute atomic E-state index is 0.0224. The van der Waals surface area contributed by atoms with Crippen LogP contribution in [-0.4, -0.2) is 89.4 Å². The number of rotatable bonds is 13. The first-order valence-electron chi connectivity index (χ1n) is 13.2. The number of aliphatic carboxylic acids is 1. The second-order valence-corrected chi connectivity index (χ2v) is 13.2. The van der Waals surface area contributed by atoms with Crippen molar-refractivity contribution in [3.63, 3.8) is 0 Å². The summed E-state index contributed by atoms with van der Waals surface area (Å²) in [5.41, 5.74) is 0.270. The van der Waals surface area contributed by atoms with Crippen LogP contribution in [0.1, 0.15) is 70.3 Å². The first kappa shape index (κ1) is 30.0. The van der Waals surface area contributed by atoms with Crippen molar-refractivity contribution in [2.24, 2.45) is 5.92 Å². The molecule has 1 heterocycles. The first-order chi connectivity index (χ1) is 17.8. The molecular formula is C27H40N2O8S. The Kier molecular flexibility index (Phi) is 9.59. The van der Waals surface area contributed by atoms with Crippen LogP contribution < -0.4 is 0 Å². The third-order valence-electron chi connectivity index (χ3n) is 7.87. The summed E-state index contributed by atoms with van der Waals surface area (Å²) in [7, 11) is -2.16. The number of carbonyl (C=O) groups excluding carboxylic acids is 2. The molecule has 1 saturated heterocycles. The van der Waals surface area contributed by atoms with Gasteiger partial charge in [-0.25, -0.2) is 13.2 Å².